The third kappa shape index (κ3) is 1.74. The Balaban J connectivity index is 2.47. The van der Waals surface area contributed by atoms with Gasteiger partial charge in [0.15, 0.2) is 0 Å². The third-order valence-electron chi connectivity index (χ3n) is 1.88. The highest BCUT2D eigenvalue weighted by molar-refractivity contribution is 7.80. The Morgan fingerprint density at radius 1 is 1.08 bits per heavy atom. The number of halogens is 1. The lowest BCUT2D eigenvalue weighted by Crippen LogP contribution is -1.73. The normalized spacial score (nSPS) is 10.3. The van der Waals surface area contributed by atoms with Gasteiger partial charge in [-0.1, -0.05) is 23.7 Å². The van der Waals surface area contributed by atoms with Crippen LogP contribution in [0.4, 0.5) is 0 Å². The molecule has 2 aromatic rings. The number of rotatable bonds is 1. The van der Waals surface area contributed by atoms with Gasteiger partial charge in [0.05, 0.1) is 0 Å². The molecule has 1 aromatic carbocycles. The van der Waals surface area contributed by atoms with Crippen LogP contribution in [0.5, 0.6) is 0 Å². The maximum atomic E-state index is 5.79. The van der Waals surface area contributed by atoms with Crippen molar-refractivity contribution in [1.29, 1.82) is 0 Å². The van der Waals surface area contributed by atoms with Gasteiger partial charge in [-0.05, 0) is 17.7 Å². The number of hydrogen-bond acceptors (Lipinski definition) is 1. The number of hydrogen-bond donors (Lipinski definition) is 2. The van der Waals surface area contributed by atoms with E-state index in [1.54, 1.807) is 0 Å². The van der Waals surface area contributed by atoms with Gasteiger partial charge in [0, 0.05) is 27.9 Å². The molecule has 0 atom stereocenters. The van der Waals surface area contributed by atoms with Crippen LogP contribution in [0, 0.1) is 0 Å². The molecule has 0 bridgehead atoms. The zero-order valence-corrected chi connectivity index (χ0v) is 8.44. The lowest BCUT2D eigenvalue weighted by molar-refractivity contribution is 1.38. The average Bonchev–Trinajstić information content (AvgIpc) is 2.53. The molecule has 2 rings (SSSR count). The molecule has 66 valence electrons. The fourth-order valence-electron chi connectivity index (χ4n) is 1.22. The molecule has 0 aliphatic rings. The first kappa shape index (κ1) is 8.73. The monoisotopic (exact) mass is 209 g/mol. The van der Waals surface area contributed by atoms with E-state index in [0.29, 0.717) is 0 Å². The van der Waals surface area contributed by atoms with Crippen molar-refractivity contribution < 1.29 is 0 Å². The van der Waals surface area contributed by atoms with Crippen molar-refractivity contribution >= 4 is 24.2 Å². The van der Waals surface area contributed by atoms with Crippen molar-refractivity contribution in [1.82, 2.24) is 4.98 Å². The van der Waals surface area contributed by atoms with E-state index in [2.05, 4.69) is 17.6 Å². The quantitative estimate of drug-likeness (QED) is 0.668. The van der Waals surface area contributed by atoms with E-state index in [1.807, 2.05) is 36.7 Å². The van der Waals surface area contributed by atoms with Crippen molar-refractivity contribution in [2.24, 2.45) is 0 Å². The molecule has 0 spiro atoms. The predicted molar refractivity (Wildman–Crippen MR) is 58.5 cm³/mol. The van der Waals surface area contributed by atoms with Gasteiger partial charge in [-0.25, -0.2) is 0 Å². The Hall–Kier alpha value is -0.860. The number of nitrogens with one attached hydrogen (secondary N) is 1. The smallest absolute Gasteiger partial charge is 0.0406 e. The number of aromatic nitrogens is 1. The minimum atomic E-state index is 0.750. The first-order chi connectivity index (χ1) is 6.27. The van der Waals surface area contributed by atoms with Gasteiger partial charge in [0.1, 0.15) is 0 Å². The third-order valence-corrected chi connectivity index (χ3v) is 2.50. The molecular weight excluding hydrogens is 202 g/mol. The molecule has 0 unspecified atom stereocenters. The molecule has 0 amide bonds. The Labute approximate surface area is 87.2 Å². The molecule has 1 N–H and O–H groups in total. The zero-order chi connectivity index (χ0) is 9.26. The topological polar surface area (TPSA) is 15.8 Å². The van der Waals surface area contributed by atoms with Gasteiger partial charge in [-0.3, -0.25) is 0 Å². The largest absolute Gasteiger partial charge is 0.366 e. The van der Waals surface area contributed by atoms with E-state index in [9.17, 15) is 0 Å². The van der Waals surface area contributed by atoms with Gasteiger partial charge < -0.3 is 4.98 Å². The summed E-state index contributed by atoms with van der Waals surface area (Å²) in [4.78, 5) is 3.95. The van der Waals surface area contributed by atoms with Crippen molar-refractivity contribution in [3.8, 4) is 11.1 Å². The number of H-pyrrole nitrogens is 1. The SMILES string of the molecule is Sc1c[nH]cc1-c1ccc(Cl)cc1. The highest BCUT2D eigenvalue weighted by Gasteiger charge is 2.01. The van der Waals surface area contributed by atoms with Crippen LogP contribution in [0.15, 0.2) is 41.6 Å². The van der Waals surface area contributed by atoms with Crippen molar-refractivity contribution in [3.05, 3.63) is 41.7 Å². The molecule has 1 aromatic heterocycles. The van der Waals surface area contributed by atoms with Crippen molar-refractivity contribution in [2.75, 3.05) is 0 Å². The Morgan fingerprint density at radius 3 is 2.31 bits per heavy atom. The second-order valence-corrected chi connectivity index (χ2v) is 3.68. The molecule has 0 radical (unpaired) electrons. The minimum absolute atomic E-state index is 0.750. The summed E-state index contributed by atoms with van der Waals surface area (Å²) in [6, 6.07) is 7.70. The molecule has 0 saturated heterocycles. The highest BCUT2D eigenvalue weighted by Crippen LogP contribution is 2.26. The summed E-state index contributed by atoms with van der Waals surface area (Å²) in [5.74, 6) is 0. The van der Waals surface area contributed by atoms with E-state index in [0.717, 1.165) is 21.0 Å². The molecule has 0 fully saturated rings. The fraction of sp³-hybridized carbons (Fsp3) is 0. The van der Waals surface area contributed by atoms with Crippen LogP contribution in [0.25, 0.3) is 11.1 Å². The van der Waals surface area contributed by atoms with Gasteiger partial charge in [-0.2, -0.15) is 0 Å². The molecule has 13 heavy (non-hydrogen) atoms. The molecule has 3 heteroatoms. The predicted octanol–water partition coefficient (Wildman–Crippen LogP) is 3.62. The summed E-state index contributed by atoms with van der Waals surface area (Å²) in [7, 11) is 0. The van der Waals surface area contributed by atoms with Crippen LogP contribution in [0.1, 0.15) is 0 Å². The fourth-order valence-corrected chi connectivity index (χ4v) is 1.61. The molecule has 0 saturated carbocycles. The van der Waals surface area contributed by atoms with Gasteiger partial charge in [0.2, 0.25) is 0 Å². The van der Waals surface area contributed by atoms with Gasteiger partial charge >= 0.3 is 0 Å². The molecular formula is C10H8ClNS. The van der Waals surface area contributed by atoms with Gasteiger partial charge in [-0.15, -0.1) is 12.6 Å². The van der Waals surface area contributed by atoms with Crippen LogP contribution >= 0.6 is 24.2 Å². The lowest BCUT2D eigenvalue weighted by atomic mass is 10.1. The number of thiol groups is 1. The Morgan fingerprint density at radius 2 is 1.77 bits per heavy atom. The first-order valence-electron chi connectivity index (χ1n) is 3.89. The Kier molecular flexibility index (Phi) is 2.34. The van der Waals surface area contributed by atoms with Crippen LogP contribution in [-0.4, -0.2) is 4.98 Å². The highest BCUT2D eigenvalue weighted by atomic mass is 35.5. The zero-order valence-electron chi connectivity index (χ0n) is 6.79. The summed E-state index contributed by atoms with van der Waals surface area (Å²) < 4.78 is 0. The lowest BCUT2D eigenvalue weighted by Gasteiger charge is -1.98. The summed E-state index contributed by atoms with van der Waals surface area (Å²) in [6.45, 7) is 0. The van der Waals surface area contributed by atoms with Crippen LogP contribution in [-0.2, 0) is 0 Å². The Bertz CT molecular complexity index is 405. The number of benzene rings is 1. The second-order valence-electron chi connectivity index (χ2n) is 2.76. The van der Waals surface area contributed by atoms with E-state index in [1.165, 1.54) is 0 Å². The average molecular weight is 210 g/mol. The maximum absolute atomic E-state index is 5.79. The summed E-state index contributed by atoms with van der Waals surface area (Å²) in [6.07, 6.45) is 3.78. The summed E-state index contributed by atoms with van der Waals surface area (Å²) >= 11 is 10.1. The molecule has 0 aliphatic heterocycles. The summed E-state index contributed by atoms with van der Waals surface area (Å²) in [5.41, 5.74) is 2.22. The van der Waals surface area contributed by atoms with E-state index in [4.69, 9.17) is 11.6 Å². The first-order valence-corrected chi connectivity index (χ1v) is 4.71. The standard InChI is InChI=1S/C10H8ClNS/c11-8-3-1-7(2-4-8)9-5-12-6-10(9)13/h1-6,12-13H. The second kappa shape index (κ2) is 3.48. The van der Waals surface area contributed by atoms with Gasteiger partial charge in [0.25, 0.3) is 0 Å². The number of aromatic amines is 1. The van der Waals surface area contributed by atoms with Crippen LogP contribution < -0.4 is 0 Å². The van der Waals surface area contributed by atoms with Crippen molar-refractivity contribution in [2.45, 2.75) is 4.90 Å². The van der Waals surface area contributed by atoms with Crippen molar-refractivity contribution in [3.63, 3.8) is 0 Å². The van der Waals surface area contributed by atoms with Crippen LogP contribution in [0.2, 0.25) is 5.02 Å². The van der Waals surface area contributed by atoms with Crippen LogP contribution in [0.3, 0.4) is 0 Å². The molecule has 0 aliphatic carbocycles. The van der Waals surface area contributed by atoms with E-state index in [-0.39, 0.29) is 0 Å². The molecule has 1 nitrogen and oxygen atoms in total. The summed E-state index contributed by atoms with van der Waals surface area (Å²) in [5, 5.41) is 0.750. The maximum Gasteiger partial charge on any atom is 0.0406 e. The van der Waals surface area contributed by atoms with E-state index >= 15 is 0 Å². The minimum Gasteiger partial charge on any atom is -0.366 e. The molecule has 1 heterocycles. The van der Waals surface area contributed by atoms with E-state index < -0.39 is 0 Å².